The van der Waals surface area contributed by atoms with Gasteiger partial charge in [0.15, 0.2) is 0 Å². The summed E-state index contributed by atoms with van der Waals surface area (Å²) in [5, 5.41) is 8.47. The molecule has 16 heavy (non-hydrogen) atoms. The van der Waals surface area contributed by atoms with Crippen LogP contribution in [0.15, 0.2) is 0 Å². The third-order valence-electron chi connectivity index (χ3n) is 3.12. The Bertz CT molecular complexity index is 166. The highest BCUT2D eigenvalue weighted by Gasteiger charge is 2.00. The first-order valence-corrected chi connectivity index (χ1v) is 6.88. The topological polar surface area (TPSA) is 37.3 Å². The standard InChI is InChI=1S/C14H28O2/c1-3-10-13(2)11-8-6-4-5-7-9-12-14(15)16/h13H,3-12H2,1-2H3,(H,15,16). The maximum absolute atomic E-state index is 10.3. The molecular weight excluding hydrogens is 200 g/mol. The molecule has 0 heterocycles. The largest absolute Gasteiger partial charge is 0.481 e. The fourth-order valence-corrected chi connectivity index (χ4v) is 2.11. The highest BCUT2D eigenvalue weighted by molar-refractivity contribution is 5.66. The van der Waals surface area contributed by atoms with Gasteiger partial charge < -0.3 is 5.11 Å². The van der Waals surface area contributed by atoms with E-state index < -0.39 is 5.97 Å². The first kappa shape index (κ1) is 15.5. The van der Waals surface area contributed by atoms with E-state index in [2.05, 4.69) is 13.8 Å². The number of aliphatic carboxylic acids is 1. The molecule has 0 saturated heterocycles. The molecule has 0 bridgehead atoms. The summed E-state index contributed by atoms with van der Waals surface area (Å²) in [6.45, 7) is 4.59. The lowest BCUT2D eigenvalue weighted by atomic mass is 9.98. The van der Waals surface area contributed by atoms with Crippen LogP contribution in [0.4, 0.5) is 0 Å². The summed E-state index contributed by atoms with van der Waals surface area (Å²) in [6.07, 6.45) is 11.4. The summed E-state index contributed by atoms with van der Waals surface area (Å²) in [7, 11) is 0. The van der Waals surface area contributed by atoms with Gasteiger partial charge in [0.25, 0.3) is 0 Å². The van der Waals surface area contributed by atoms with Crippen molar-refractivity contribution in [3.05, 3.63) is 0 Å². The van der Waals surface area contributed by atoms with Crippen molar-refractivity contribution in [2.75, 3.05) is 0 Å². The lowest BCUT2D eigenvalue weighted by Crippen LogP contribution is -1.94. The fraction of sp³-hybridized carbons (Fsp3) is 0.929. The predicted octanol–water partition coefficient (Wildman–Crippen LogP) is 4.63. The molecule has 0 aliphatic carbocycles. The monoisotopic (exact) mass is 228 g/mol. The van der Waals surface area contributed by atoms with Gasteiger partial charge in [0.2, 0.25) is 0 Å². The minimum atomic E-state index is -0.659. The molecule has 0 radical (unpaired) electrons. The van der Waals surface area contributed by atoms with E-state index in [9.17, 15) is 4.79 Å². The van der Waals surface area contributed by atoms with Crippen molar-refractivity contribution in [1.29, 1.82) is 0 Å². The van der Waals surface area contributed by atoms with Crippen LogP contribution in [0.25, 0.3) is 0 Å². The number of rotatable bonds is 11. The van der Waals surface area contributed by atoms with E-state index in [4.69, 9.17) is 5.11 Å². The molecular formula is C14H28O2. The van der Waals surface area contributed by atoms with Gasteiger partial charge in [-0.2, -0.15) is 0 Å². The lowest BCUT2D eigenvalue weighted by molar-refractivity contribution is -0.137. The van der Waals surface area contributed by atoms with E-state index >= 15 is 0 Å². The fourth-order valence-electron chi connectivity index (χ4n) is 2.11. The van der Waals surface area contributed by atoms with Crippen molar-refractivity contribution in [2.45, 2.75) is 78.1 Å². The molecule has 0 saturated carbocycles. The summed E-state index contributed by atoms with van der Waals surface area (Å²) < 4.78 is 0. The summed E-state index contributed by atoms with van der Waals surface area (Å²) in [5.74, 6) is 0.227. The average Bonchev–Trinajstić information content (AvgIpc) is 2.22. The molecule has 1 N–H and O–H groups in total. The molecule has 0 fully saturated rings. The third-order valence-corrected chi connectivity index (χ3v) is 3.12. The number of carboxylic acids is 1. The molecule has 0 aliphatic heterocycles. The number of hydrogen-bond donors (Lipinski definition) is 1. The van der Waals surface area contributed by atoms with Crippen molar-refractivity contribution in [3.8, 4) is 0 Å². The zero-order valence-electron chi connectivity index (χ0n) is 11.0. The van der Waals surface area contributed by atoms with E-state index in [1.165, 1.54) is 44.9 Å². The maximum Gasteiger partial charge on any atom is 0.303 e. The van der Waals surface area contributed by atoms with Crippen molar-refractivity contribution in [2.24, 2.45) is 5.92 Å². The lowest BCUT2D eigenvalue weighted by Gasteiger charge is -2.08. The molecule has 2 heteroatoms. The zero-order chi connectivity index (χ0) is 12.2. The molecule has 0 aliphatic rings. The maximum atomic E-state index is 10.3. The molecule has 0 amide bonds. The third kappa shape index (κ3) is 11.5. The van der Waals surface area contributed by atoms with Crippen LogP contribution in [0.5, 0.6) is 0 Å². The van der Waals surface area contributed by atoms with Gasteiger partial charge in [-0.25, -0.2) is 0 Å². The van der Waals surface area contributed by atoms with Crippen LogP contribution < -0.4 is 0 Å². The van der Waals surface area contributed by atoms with Gasteiger partial charge in [-0.05, 0) is 12.3 Å². The Balaban J connectivity index is 3.06. The first-order chi connectivity index (χ1) is 7.66. The minimum absolute atomic E-state index is 0.341. The Morgan fingerprint density at radius 1 is 1.00 bits per heavy atom. The van der Waals surface area contributed by atoms with E-state index in [1.807, 2.05) is 0 Å². The molecule has 0 aromatic heterocycles. The van der Waals surface area contributed by atoms with Crippen LogP contribution in [-0.4, -0.2) is 11.1 Å². The molecule has 1 atom stereocenters. The molecule has 0 rings (SSSR count). The smallest absolute Gasteiger partial charge is 0.303 e. The predicted molar refractivity (Wildman–Crippen MR) is 68.6 cm³/mol. The number of hydrogen-bond acceptors (Lipinski definition) is 1. The molecule has 1 unspecified atom stereocenters. The Morgan fingerprint density at radius 2 is 1.56 bits per heavy atom. The quantitative estimate of drug-likeness (QED) is 0.523. The Labute approximate surface area is 100 Å². The van der Waals surface area contributed by atoms with Crippen LogP contribution in [0.3, 0.4) is 0 Å². The number of carboxylic acid groups (broad SMARTS) is 1. The van der Waals surface area contributed by atoms with Crippen molar-refractivity contribution < 1.29 is 9.90 Å². The summed E-state index contributed by atoms with van der Waals surface area (Å²) in [6, 6.07) is 0. The number of carbonyl (C=O) groups is 1. The molecule has 96 valence electrons. The molecule has 0 spiro atoms. The normalized spacial score (nSPS) is 12.6. The van der Waals surface area contributed by atoms with Crippen LogP contribution >= 0.6 is 0 Å². The summed E-state index contributed by atoms with van der Waals surface area (Å²) >= 11 is 0. The second-order valence-corrected chi connectivity index (χ2v) is 4.95. The number of unbranched alkanes of at least 4 members (excludes halogenated alkanes) is 5. The van der Waals surface area contributed by atoms with Gasteiger partial charge in [0.1, 0.15) is 0 Å². The van der Waals surface area contributed by atoms with Crippen molar-refractivity contribution in [3.63, 3.8) is 0 Å². The van der Waals surface area contributed by atoms with Crippen LogP contribution in [-0.2, 0) is 4.79 Å². The minimum Gasteiger partial charge on any atom is -0.481 e. The Hall–Kier alpha value is -0.530. The zero-order valence-corrected chi connectivity index (χ0v) is 11.0. The van der Waals surface area contributed by atoms with Gasteiger partial charge in [0, 0.05) is 6.42 Å². The van der Waals surface area contributed by atoms with Gasteiger partial charge >= 0.3 is 5.97 Å². The van der Waals surface area contributed by atoms with Crippen molar-refractivity contribution >= 4 is 5.97 Å². The summed E-state index contributed by atoms with van der Waals surface area (Å²) in [4.78, 5) is 10.3. The summed E-state index contributed by atoms with van der Waals surface area (Å²) in [5.41, 5.74) is 0. The average molecular weight is 228 g/mol. The molecule has 0 aromatic rings. The van der Waals surface area contributed by atoms with E-state index in [0.29, 0.717) is 6.42 Å². The second-order valence-electron chi connectivity index (χ2n) is 4.95. The van der Waals surface area contributed by atoms with Gasteiger partial charge in [-0.1, -0.05) is 65.2 Å². The first-order valence-electron chi connectivity index (χ1n) is 6.88. The second kappa shape index (κ2) is 11.0. The van der Waals surface area contributed by atoms with Gasteiger partial charge in [-0.15, -0.1) is 0 Å². The van der Waals surface area contributed by atoms with Crippen LogP contribution in [0.2, 0.25) is 0 Å². The van der Waals surface area contributed by atoms with Gasteiger partial charge in [0.05, 0.1) is 0 Å². The van der Waals surface area contributed by atoms with E-state index in [-0.39, 0.29) is 0 Å². The van der Waals surface area contributed by atoms with E-state index in [1.54, 1.807) is 0 Å². The molecule has 0 aromatic carbocycles. The highest BCUT2D eigenvalue weighted by Crippen LogP contribution is 2.15. The van der Waals surface area contributed by atoms with Gasteiger partial charge in [-0.3, -0.25) is 4.79 Å². The van der Waals surface area contributed by atoms with Crippen LogP contribution in [0, 0.1) is 5.92 Å². The highest BCUT2D eigenvalue weighted by atomic mass is 16.4. The molecule has 2 nitrogen and oxygen atoms in total. The Kier molecular flexibility index (Phi) is 10.6. The Morgan fingerprint density at radius 3 is 2.12 bits per heavy atom. The van der Waals surface area contributed by atoms with Crippen molar-refractivity contribution in [1.82, 2.24) is 0 Å². The van der Waals surface area contributed by atoms with E-state index in [0.717, 1.165) is 18.8 Å². The van der Waals surface area contributed by atoms with Crippen LogP contribution in [0.1, 0.15) is 78.1 Å². The SMILES string of the molecule is CCCC(C)CCCCCCCCC(=O)O.